The molecule has 1 aromatic rings. The Bertz CT molecular complexity index is 337. The van der Waals surface area contributed by atoms with Gasteiger partial charge in [0.1, 0.15) is 5.75 Å². The number of anilines is 1. The van der Waals surface area contributed by atoms with Crippen molar-refractivity contribution >= 4 is 5.69 Å². The molecule has 2 N–H and O–H groups in total. The Hall–Kier alpha value is -1.26. The van der Waals surface area contributed by atoms with Crippen LogP contribution in [0.25, 0.3) is 0 Å². The van der Waals surface area contributed by atoms with Crippen LogP contribution in [-0.4, -0.2) is 48.9 Å². The Kier molecular flexibility index (Phi) is 7.30. The third-order valence-electron chi connectivity index (χ3n) is 3.07. The second-order valence-corrected chi connectivity index (χ2v) is 4.48. The minimum atomic E-state index is -0.355. The molecule has 0 heterocycles. The van der Waals surface area contributed by atoms with Crippen molar-refractivity contribution in [1.29, 1.82) is 0 Å². The van der Waals surface area contributed by atoms with Crippen LogP contribution in [0.1, 0.15) is 20.8 Å². The molecule has 0 saturated carbocycles. The number of rotatable bonds is 9. The van der Waals surface area contributed by atoms with Crippen molar-refractivity contribution in [2.24, 2.45) is 0 Å². The monoisotopic (exact) mass is 266 g/mol. The van der Waals surface area contributed by atoms with Gasteiger partial charge < -0.3 is 20.1 Å². The highest BCUT2D eigenvalue weighted by Gasteiger charge is 2.08. The van der Waals surface area contributed by atoms with Gasteiger partial charge in [0.05, 0.1) is 12.7 Å². The summed E-state index contributed by atoms with van der Waals surface area (Å²) in [4.78, 5) is 2.21. The van der Waals surface area contributed by atoms with E-state index in [9.17, 15) is 5.11 Å². The van der Waals surface area contributed by atoms with Crippen LogP contribution >= 0.6 is 0 Å². The van der Waals surface area contributed by atoms with Crippen molar-refractivity contribution < 1.29 is 9.84 Å². The third kappa shape index (κ3) is 5.94. The van der Waals surface area contributed by atoms with Crippen molar-refractivity contribution in [2.45, 2.75) is 26.9 Å². The van der Waals surface area contributed by atoms with E-state index in [1.165, 1.54) is 0 Å². The Morgan fingerprint density at radius 2 is 1.79 bits per heavy atom. The average molecular weight is 266 g/mol. The molecule has 0 amide bonds. The minimum absolute atomic E-state index is 0.355. The fourth-order valence-corrected chi connectivity index (χ4v) is 1.92. The molecule has 4 nitrogen and oxygen atoms in total. The van der Waals surface area contributed by atoms with Gasteiger partial charge >= 0.3 is 0 Å². The van der Waals surface area contributed by atoms with Gasteiger partial charge in [0.2, 0.25) is 0 Å². The van der Waals surface area contributed by atoms with E-state index in [2.05, 4.69) is 24.1 Å². The first kappa shape index (κ1) is 15.8. The van der Waals surface area contributed by atoms with E-state index in [0.29, 0.717) is 19.7 Å². The molecule has 0 aliphatic heterocycles. The van der Waals surface area contributed by atoms with Crippen LogP contribution in [-0.2, 0) is 0 Å². The van der Waals surface area contributed by atoms with E-state index < -0.39 is 0 Å². The van der Waals surface area contributed by atoms with Gasteiger partial charge in [-0.1, -0.05) is 13.8 Å². The van der Waals surface area contributed by atoms with Gasteiger partial charge in [0.25, 0.3) is 0 Å². The largest absolute Gasteiger partial charge is 0.494 e. The molecule has 0 aromatic heterocycles. The smallest absolute Gasteiger partial charge is 0.119 e. The zero-order valence-corrected chi connectivity index (χ0v) is 12.2. The first-order chi connectivity index (χ1) is 9.19. The van der Waals surface area contributed by atoms with Crippen molar-refractivity contribution in [3.8, 4) is 5.75 Å². The molecule has 1 rings (SSSR count). The maximum Gasteiger partial charge on any atom is 0.119 e. The summed E-state index contributed by atoms with van der Waals surface area (Å²) in [6.07, 6.45) is -0.355. The fraction of sp³-hybridized carbons (Fsp3) is 0.600. The van der Waals surface area contributed by atoms with E-state index in [0.717, 1.165) is 24.5 Å². The quantitative estimate of drug-likeness (QED) is 0.719. The van der Waals surface area contributed by atoms with Crippen molar-refractivity contribution in [1.82, 2.24) is 4.90 Å². The standard InChI is InChI=1S/C15H26N2O2/c1-4-17(5-2)12-14(18)11-16-13-7-9-15(10-8-13)19-6-3/h7-10,14,16,18H,4-6,11-12H2,1-3H3. The summed E-state index contributed by atoms with van der Waals surface area (Å²) in [5.41, 5.74) is 1.00. The highest BCUT2D eigenvalue weighted by molar-refractivity contribution is 5.46. The highest BCUT2D eigenvalue weighted by atomic mass is 16.5. The van der Waals surface area contributed by atoms with E-state index in [1.807, 2.05) is 31.2 Å². The number of hydrogen-bond donors (Lipinski definition) is 2. The van der Waals surface area contributed by atoms with Gasteiger partial charge in [-0.25, -0.2) is 0 Å². The number of hydrogen-bond acceptors (Lipinski definition) is 4. The topological polar surface area (TPSA) is 44.7 Å². The maximum absolute atomic E-state index is 9.95. The molecule has 0 aliphatic carbocycles. The van der Waals surface area contributed by atoms with Gasteiger partial charge in [-0.2, -0.15) is 0 Å². The second-order valence-electron chi connectivity index (χ2n) is 4.48. The molecule has 1 aromatic carbocycles. The number of nitrogens with zero attached hydrogens (tertiary/aromatic N) is 1. The van der Waals surface area contributed by atoms with Crippen LogP contribution in [0.4, 0.5) is 5.69 Å². The van der Waals surface area contributed by atoms with Crippen LogP contribution in [0.5, 0.6) is 5.75 Å². The summed E-state index contributed by atoms with van der Waals surface area (Å²) >= 11 is 0. The van der Waals surface area contributed by atoms with Gasteiger partial charge in [-0.05, 0) is 44.3 Å². The summed E-state index contributed by atoms with van der Waals surface area (Å²) in [5.74, 6) is 0.872. The second kappa shape index (κ2) is 8.77. The molecular weight excluding hydrogens is 240 g/mol. The fourth-order valence-electron chi connectivity index (χ4n) is 1.92. The Labute approximate surface area is 116 Å². The van der Waals surface area contributed by atoms with Gasteiger partial charge in [0.15, 0.2) is 0 Å². The van der Waals surface area contributed by atoms with Crippen molar-refractivity contribution in [2.75, 3.05) is 38.1 Å². The summed E-state index contributed by atoms with van der Waals surface area (Å²) in [5, 5.41) is 13.2. The zero-order chi connectivity index (χ0) is 14.1. The number of aliphatic hydroxyl groups excluding tert-OH is 1. The molecule has 0 radical (unpaired) electrons. The molecule has 0 fully saturated rings. The van der Waals surface area contributed by atoms with Gasteiger partial charge in [-0.15, -0.1) is 0 Å². The van der Waals surface area contributed by atoms with Crippen molar-refractivity contribution in [3.63, 3.8) is 0 Å². The van der Waals surface area contributed by atoms with Crippen LogP contribution in [0.2, 0.25) is 0 Å². The van der Waals surface area contributed by atoms with Crippen LogP contribution in [0, 0.1) is 0 Å². The number of likely N-dealkylation sites (N-methyl/N-ethyl adjacent to an activating group) is 1. The molecule has 19 heavy (non-hydrogen) atoms. The molecule has 1 unspecified atom stereocenters. The maximum atomic E-state index is 9.95. The lowest BCUT2D eigenvalue weighted by Crippen LogP contribution is -2.35. The summed E-state index contributed by atoms with van der Waals surface area (Å²) < 4.78 is 5.38. The lowest BCUT2D eigenvalue weighted by Gasteiger charge is -2.22. The van der Waals surface area contributed by atoms with Crippen LogP contribution in [0.3, 0.4) is 0 Å². The molecule has 1 atom stereocenters. The predicted octanol–water partition coefficient (Wildman–Crippen LogP) is 2.20. The summed E-state index contributed by atoms with van der Waals surface area (Å²) in [6, 6.07) is 7.80. The minimum Gasteiger partial charge on any atom is -0.494 e. The molecule has 0 aliphatic rings. The van der Waals surface area contributed by atoms with E-state index >= 15 is 0 Å². The van der Waals surface area contributed by atoms with E-state index in [4.69, 9.17) is 4.74 Å². The van der Waals surface area contributed by atoms with Gasteiger partial charge in [-0.3, -0.25) is 0 Å². The summed E-state index contributed by atoms with van der Waals surface area (Å²) in [7, 11) is 0. The SMILES string of the molecule is CCOc1ccc(NCC(O)CN(CC)CC)cc1. The number of nitrogens with one attached hydrogen (secondary N) is 1. The van der Waals surface area contributed by atoms with Gasteiger partial charge in [0, 0.05) is 18.8 Å². The lowest BCUT2D eigenvalue weighted by atomic mass is 10.2. The Morgan fingerprint density at radius 3 is 2.32 bits per heavy atom. The first-order valence-electron chi connectivity index (χ1n) is 7.06. The summed E-state index contributed by atoms with van der Waals surface area (Å²) in [6.45, 7) is 10.1. The lowest BCUT2D eigenvalue weighted by molar-refractivity contribution is 0.128. The Balaban J connectivity index is 2.35. The molecule has 0 bridgehead atoms. The Morgan fingerprint density at radius 1 is 1.16 bits per heavy atom. The third-order valence-corrected chi connectivity index (χ3v) is 3.07. The number of ether oxygens (including phenoxy) is 1. The van der Waals surface area contributed by atoms with E-state index in [-0.39, 0.29) is 6.10 Å². The zero-order valence-electron chi connectivity index (χ0n) is 12.2. The molecule has 108 valence electrons. The number of benzene rings is 1. The first-order valence-corrected chi connectivity index (χ1v) is 7.06. The normalized spacial score (nSPS) is 12.5. The molecular formula is C15H26N2O2. The molecule has 0 spiro atoms. The van der Waals surface area contributed by atoms with Crippen molar-refractivity contribution in [3.05, 3.63) is 24.3 Å². The van der Waals surface area contributed by atoms with Crippen LogP contribution in [0.15, 0.2) is 24.3 Å². The average Bonchev–Trinajstić information content (AvgIpc) is 2.44. The molecule has 4 heteroatoms. The van der Waals surface area contributed by atoms with E-state index in [1.54, 1.807) is 0 Å². The highest BCUT2D eigenvalue weighted by Crippen LogP contribution is 2.15. The predicted molar refractivity (Wildman–Crippen MR) is 79.9 cm³/mol. The van der Waals surface area contributed by atoms with Crippen LogP contribution < -0.4 is 10.1 Å². The number of aliphatic hydroxyl groups is 1. The molecule has 0 saturated heterocycles.